The number of rotatable bonds is 2. The zero-order valence-electron chi connectivity index (χ0n) is 14.2. The van der Waals surface area contributed by atoms with Crippen LogP contribution in [0, 0.1) is 11.8 Å². The van der Waals surface area contributed by atoms with Crippen molar-refractivity contribution in [2.45, 2.75) is 111 Å². The van der Waals surface area contributed by atoms with Crippen LogP contribution in [0.15, 0.2) is 0 Å². The molecule has 0 nitrogen and oxygen atoms in total. The summed E-state index contributed by atoms with van der Waals surface area (Å²) in [5.41, 5.74) is 0. The molecule has 4 unspecified atom stereocenters. The van der Waals surface area contributed by atoms with Gasteiger partial charge in [-0.15, -0.1) is 0 Å². The van der Waals surface area contributed by atoms with Crippen molar-refractivity contribution in [3.63, 3.8) is 0 Å². The van der Waals surface area contributed by atoms with Crippen LogP contribution in [0.4, 0.5) is 0 Å². The van der Waals surface area contributed by atoms with Gasteiger partial charge in [-0.25, -0.2) is 0 Å². The van der Waals surface area contributed by atoms with Gasteiger partial charge < -0.3 is 0 Å². The van der Waals surface area contributed by atoms with Crippen molar-refractivity contribution in [1.82, 2.24) is 0 Å². The molecule has 0 bridgehead atoms. The monoisotopic (exact) mass is 350 g/mol. The van der Waals surface area contributed by atoms with Crippen molar-refractivity contribution in [2.75, 3.05) is 0 Å². The molecule has 0 N–H and O–H groups in total. The summed E-state index contributed by atoms with van der Waals surface area (Å²) < 4.78 is 2.43. The molecule has 1 heteroatoms. The van der Waals surface area contributed by atoms with Crippen molar-refractivity contribution in [2.24, 2.45) is 11.8 Å². The van der Waals surface area contributed by atoms with Crippen molar-refractivity contribution in [3.8, 4) is 0 Å². The second kappa shape index (κ2) is 1.10. The van der Waals surface area contributed by atoms with Crippen LogP contribution in [0.25, 0.3) is 0 Å². The third-order valence-corrected chi connectivity index (χ3v) is 63.1. The first-order chi connectivity index (χ1) is 11.1. The van der Waals surface area contributed by atoms with Gasteiger partial charge in [-0.05, 0) is 0 Å². The summed E-state index contributed by atoms with van der Waals surface area (Å²) in [4.78, 5) is 12.5. The molecule has 10 saturated heterocycles. The molecule has 0 aromatic rings. The van der Waals surface area contributed by atoms with Crippen LogP contribution < -0.4 is 0 Å². The van der Waals surface area contributed by atoms with E-state index in [2.05, 4.69) is 0 Å². The number of hydrogen-bond donors (Lipinski definition) is 0. The van der Waals surface area contributed by atoms with Crippen molar-refractivity contribution < 1.29 is 6.51 Å². The standard InChI is InChI=1S/C17H25.C5H5.Fe/c1-3-8-14(9-4-1)16-12-7-13-17(16)15-10-5-2-6-11-15;1-2-4-5-3-1;/h7,12-15H,1-6,8-11H2;1-5H;. The Morgan fingerprint density at radius 1 is 0.478 bits per heavy atom. The molecule has 10 aliphatic heterocycles. The van der Waals surface area contributed by atoms with E-state index in [1.54, 1.807) is 103 Å². The molecule has 2 aliphatic carbocycles. The van der Waals surface area contributed by atoms with Gasteiger partial charge in [-0.3, -0.25) is 0 Å². The molecule has 0 radical (unpaired) electrons. The Bertz CT molecular complexity index is 1040. The molecular weight excluding hydrogens is 320 g/mol. The predicted octanol–water partition coefficient (Wildman–Crippen LogP) is 7.28. The van der Waals surface area contributed by atoms with Gasteiger partial charge in [0.05, 0.1) is 0 Å². The Morgan fingerprint density at radius 3 is 1.17 bits per heavy atom. The second-order valence-corrected chi connectivity index (χ2v) is 37.8. The van der Waals surface area contributed by atoms with E-state index in [-0.39, 0.29) is 0 Å². The van der Waals surface area contributed by atoms with E-state index >= 15 is 0 Å². The summed E-state index contributed by atoms with van der Waals surface area (Å²) in [7, 11) is 0. The van der Waals surface area contributed by atoms with E-state index in [9.17, 15) is 0 Å². The van der Waals surface area contributed by atoms with E-state index < -0.39 is 6.51 Å². The van der Waals surface area contributed by atoms with Gasteiger partial charge in [0.1, 0.15) is 0 Å². The Morgan fingerprint density at radius 2 is 0.870 bits per heavy atom. The molecule has 10 heterocycles. The molecular formula is C22H30Fe. The maximum atomic E-state index is 1.72. The van der Waals surface area contributed by atoms with Crippen molar-refractivity contribution >= 4 is 0 Å². The van der Waals surface area contributed by atoms with E-state index in [0.717, 1.165) is 0 Å². The third kappa shape index (κ3) is 0.145. The first-order valence-electron chi connectivity index (χ1n) is 11.4. The molecule has 0 amide bonds. The average molecular weight is 350 g/mol. The van der Waals surface area contributed by atoms with E-state index in [4.69, 9.17) is 0 Å². The minimum atomic E-state index is -3.03. The Kier molecular flexibility index (Phi) is 0.477. The van der Waals surface area contributed by atoms with Crippen LogP contribution in [0.3, 0.4) is 0 Å². The normalized spacial score (nSPS) is 104. The molecule has 126 valence electrons. The summed E-state index contributed by atoms with van der Waals surface area (Å²) in [6, 6.07) is 0. The third-order valence-electron chi connectivity index (χ3n) is 19.5. The molecule has 4 atom stereocenters. The minimum absolute atomic E-state index is 1.22. The zero-order valence-corrected chi connectivity index (χ0v) is 15.3. The van der Waals surface area contributed by atoms with Crippen molar-refractivity contribution in [3.05, 3.63) is 0 Å². The molecule has 23 heavy (non-hydrogen) atoms. The zero-order chi connectivity index (χ0) is 14.2. The fraction of sp³-hybridized carbons (Fsp3) is 1.00. The van der Waals surface area contributed by atoms with E-state index in [1.165, 1.54) is 20.5 Å². The summed E-state index contributed by atoms with van der Waals surface area (Å²) in [6.45, 7) is -3.03. The Hall–Kier alpha value is 0.519. The SMILES string of the molecule is C1CCC([C]23[CH]4[CH]5[CH]6[C]2(C2CCCCC2)[Fe]54632789[CH]3[CH]2[CH]7[CH]8[CH]39)CC1. The molecule has 12 fully saturated rings. The quantitative estimate of drug-likeness (QED) is 0.459. The molecule has 0 aromatic carbocycles. The topological polar surface area (TPSA) is 0 Å². The van der Waals surface area contributed by atoms with Gasteiger partial charge in [0, 0.05) is 0 Å². The predicted molar refractivity (Wildman–Crippen MR) is 88.5 cm³/mol. The number of fused-ring (bicyclic) bond motifs is 10. The van der Waals surface area contributed by atoms with Crippen LogP contribution in [0.5, 0.6) is 0 Å². The van der Waals surface area contributed by atoms with Crippen molar-refractivity contribution in [1.29, 1.82) is 0 Å². The first kappa shape index (κ1) is 10.0. The van der Waals surface area contributed by atoms with Crippen LogP contribution >= 0.6 is 0 Å². The fourth-order valence-electron chi connectivity index (χ4n) is 22.4. The van der Waals surface area contributed by atoms with Crippen LogP contribution in [0.1, 0.15) is 64.2 Å². The van der Waals surface area contributed by atoms with E-state index in [0.29, 0.717) is 0 Å². The first-order valence-corrected chi connectivity index (χ1v) is 17.6. The van der Waals surface area contributed by atoms with Gasteiger partial charge in [0.2, 0.25) is 0 Å². The van der Waals surface area contributed by atoms with Crippen LogP contribution in [-0.2, 0) is 6.51 Å². The van der Waals surface area contributed by atoms with Gasteiger partial charge in [0.15, 0.2) is 0 Å². The average Bonchev–Trinajstić information content (AvgIpc) is 3.56. The molecule has 1 spiro atoms. The summed E-state index contributed by atoms with van der Waals surface area (Å²) in [5, 5.41) is 0. The Balaban J connectivity index is 1.30. The fourth-order valence-corrected chi connectivity index (χ4v) is 101. The second-order valence-electron chi connectivity index (χ2n) is 14.5. The van der Waals surface area contributed by atoms with Gasteiger partial charge in [0.25, 0.3) is 0 Å². The summed E-state index contributed by atoms with van der Waals surface area (Å²) >= 11 is 0. The summed E-state index contributed by atoms with van der Waals surface area (Å²) in [6.07, 6.45) is 16.6. The molecule has 0 aromatic heterocycles. The molecule has 12 aliphatic rings. The van der Waals surface area contributed by atoms with Gasteiger partial charge in [-0.2, -0.15) is 0 Å². The van der Waals surface area contributed by atoms with Gasteiger partial charge >= 0.3 is 130 Å². The Labute approximate surface area is 129 Å². The van der Waals surface area contributed by atoms with Gasteiger partial charge in [-0.1, -0.05) is 0 Å². The maximum absolute atomic E-state index is 3.03. The van der Waals surface area contributed by atoms with Crippen LogP contribution in [-0.4, -0.2) is 0 Å². The summed E-state index contributed by atoms with van der Waals surface area (Å²) in [5.74, 6) is 2.64. The molecule has 2 saturated carbocycles. The number of hydrogen-bond acceptors (Lipinski definition) is 0. The molecule has 12 rings (SSSR count). The van der Waals surface area contributed by atoms with Crippen LogP contribution in [0.2, 0.25) is 47.2 Å². The van der Waals surface area contributed by atoms with E-state index in [1.807, 2.05) is 0 Å².